The molecule has 0 aliphatic carbocycles. The van der Waals surface area contributed by atoms with Crippen molar-refractivity contribution in [3.63, 3.8) is 0 Å². The van der Waals surface area contributed by atoms with Crippen LogP contribution in [0.5, 0.6) is 0 Å². The molecule has 0 unspecified atom stereocenters. The summed E-state index contributed by atoms with van der Waals surface area (Å²) in [6.07, 6.45) is 3.54. The third-order valence-electron chi connectivity index (χ3n) is 7.90. The molecule has 0 radical (unpaired) electrons. The number of benzene rings is 3. The topological polar surface area (TPSA) is 60.9 Å². The second-order valence-corrected chi connectivity index (χ2v) is 10.1. The van der Waals surface area contributed by atoms with E-state index in [1.807, 2.05) is 66.7 Å². The largest absolute Gasteiger partial charge is 0.480 e. The number of carbonyl (C=O) groups is 2. The minimum absolute atomic E-state index is 0.126. The minimum Gasteiger partial charge on any atom is -0.480 e. The SMILES string of the molecule is O=C(O)[C@@H]1C[C@@H](N2CCC[C@@H](c3ccccc3)C2)CCN1C(=O)C(c1ccccc1)c1ccccc1. The van der Waals surface area contributed by atoms with Crippen LogP contribution in [0.25, 0.3) is 0 Å². The van der Waals surface area contributed by atoms with Gasteiger partial charge in [-0.1, -0.05) is 91.0 Å². The van der Waals surface area contributed by atoms with Gasteiger partial charge >= 0.3 is 5.97 Å². The molecule has 5 nitrogen and oxygen atoms in total. The molecule has 186 valence electrons. The van der Waals surface area contributed by atoms with E-state index < -0.39 is 17.9 Å². The monoisotopic (exact) mass is 482 g/mol. The summed E-state index contributed by atoms with van der Waals surface area (Å²) < 4.78 is 0. The zero-order valence-corrected chi connectivity index (χ0v) is 20.6. The Bertz CT molecular complexity index is 1110. The highest BCUT2D eigenvalue weighted by Crippen LogP contribution is 2.34. The van der Waals surface area contributed by atoms with Gasteiger partial charge in [0, 0.05) is 19.1 Å². The molecule has 0 aromatic heterocycles. The molecule has 2 heterocycles. The van der Waals surface area contributed by atoms with E-state index in [9.17, 15) is 14.7 Å². The van der Waals surface area contributed by atoms with Crippen molar-refractivity contribution in [1.29, 1.82) is 0 Å². The summed E-state index contributed by atoms with van der Waals surface area (Å²) in [6, 6.07) is 29.4. The number of hydrogen-bond donors (Lipinski definition) is 1. The molecule has 3 aromatic carbocycles. The molecule has 36 heavy (non-hydrogen) atoms. The highest BCUT2D eigenvalue weighted by molar-refractivity contribution is 5.91. The fraction of sp³-hybridized carbons (Fsp3) is 0.355. The van der Waals surface area contributed by atoms with Crippen LogP contribution in [0.2, 0.25) is 0 Å². The average molecular weight is 483 g/mol. The number of hydrogen-bond acceptors (Lipinski definition) is 3. The van der Waals surface area contributed by atoms with Crippen LogP contribution in [0.15, 0.2) is 91.0 Å². The fourth-order valence-corrected chi connectivity index (χ4v) is 6.05. The van der Waals surface area contributed by atoms with Crippen LogP contribution < -0.4 is 0 Å². The first kappa shape index (κ1) is 24.3. The zero-order valence-electron chi connectivity index (χ0n) is 20.6. The van der Waals surface area contributed by atoms with Gasteiger partial charge in [-0.15, -0.1) is 0 Å². The number of rotatable bonds is 6. The van der Waals surface area contributed by atoms with E-state index in [1.54, 1.807) is 4.90 Å². The summed E-state index contributed by atoms with van der Waals surface area (Å²) in [4.78, 5) is 30.6. The van der Waals surface area contributed by atoms with E-state index in [2.05, 4.69) is 29.2 Å². The van der Waals surface area contributed by atoms with Gasteiger partial charge in [0.25, 0.3) is 0 Å². The third-order valence-corrected chi connectivity index (χ3v) is 7.90. The molecule has 3 atom stereocenters. The maximum absolute atomic E-state index is 14.0. The summed E-state index contributed by atoms with van der Waals surface area (Å²) in [5, 5.41) is 10.2. The Kier molecular flexibility index (Phi) is 7.47. The number of carbonyl (C=O) groups excluding carboxylic acids is 1. The number of piperidine rings is 2. The van der Waals surface area contributed by atoms with E-state index >= 15 is 0 Å². The second-order valence-electron chi connectivity index (χ2n) is 10.1. The smallest absolute Gasteiger partial charge is 0.326 e. The number of nitrogens with zero attached hydrogens (tertiary/aromatic N) is 2. The molecule has 5 heteroatoms. The van der Waals surface area contributed by atoms with Gasteiger partial charge in [0.2, 0.25) is 5.91 Å². The van der Waals surface area contributed by atoms with Crippen LogP contribution in [-0.2, 0) is 9.59 Å². The molecule has 2 fully saturated rings. The van der Waals surface area contributed by atoms with Crippen molar-refractivity contribution in [2.75, 3.05) is 19.6 Å². The molecule has 2 aliphatic heterocycles. The maximum atomic E-state index is 14.0. The lowest BCUT2D eigenvalue weighted by molar-refractivity contribution is -0.154. The minimum atomic E-state index is -0.912. The van der Waals surface area contributed by atoms with Crippen LogP contribution >= 0.6 is 0 Å². The molecule has 0 bridgehead atoms. The first-order chi connectivity index (χ1) is 17.6. The van der Waals surface area contributed by atoms with Crippen molar-refractivity contribution in [3.8, 4) is 0 Å². The maximum Gasteiger partial charge on any atom is 0.326 e. The van der Waals surface area contributed by atoms with Gasteiger partial charge in [-0.25, -0.2) is 4.79 Å². The van der Waals surface area contributed by atoms with E-state index in [-0.39, 0.29) is 11.9 Å². The Labute approximate surface area is 213 Å². The summed E-state index contributed by atoms with van der Waals surface area (Å²) in [5.74, 6) is -1.07. The highest BCUT2D eigenvalue weighted by Gasteiger charge is 2.41. The van der Waals surface area contributed by atoms with Gasteiger partial charge in [0.1, 0.15) is 6.04 Å². The van der Waals surface area contributed by atoms with Crippen LogP contribution in [0.4, 0.5) is 0 Å². The highest BCUT2D eigenvalue weighted by atomic mass is 16.4. The molecule has 1 N–H and O–H groups in total. The molecule has 2 aliphatic rings. The molecule has 0 saturated carbocycles. The molecular weight excluding hydrogens is 448 g/mol. The Morgan fingerprint density at radius 3 is 1.94 bits per heavy atom. The van der Waals surface area contributed by atoms with Gasteiger partial charge in [0.15, 0.2) is 0 Å². The molecule has 5 rings (SSSR count). The van der Waals surface area contributed by atoms with Crippen LogP contribution in [0, 0.1) is 0 Å². The van der Waals surface area contributed by atoms with E-state index in [4.69, 9.17) is 0 Å². The van der Waals surface area contributed by atoms with E-state index in [0.29, 0.717) is 18.9 Å². The van der Waals surface area contributed by atoms with Gasteiger partial charge in [-0.2, -0.15) is 0 Å². The first-order valence-corrected chi connectivity index (χ1v) is 13.0. The Hall–Kier alpha value is -3.44. The Morgan fingerprint density at radius 2 is 1.36 bits per heavy atom. The normalized spacial score (nSPS) is 22.9. The number of aliphatic carboxylic acids is 1. The van der Waals surface area contributed by atoms with Gasteiger partial charge < -0.3 is 10.0 Å². The van der Waals surface area contributed by atoms with Crippen molar-refractivity contribution in [3.05, 3.63) is 108 Å². The predicted molar refractivity (Wildman–Crippen MR) is 141 cm³/mol. The predicted octanol–water partition coefficient (Wildman–Crippen LogP) is 5.14. The first-order valence-electron chi connectivity index (χ1n) is 13.0. The van der Waals surface area contributed by atoms with Gasteiger partial charge in [-0.05, 0) is 54.8 Å². The molecule has 0 spiro atoms. The van der Waals surface area contributed by atoms with Gasteiger partial charge in [0.05, 0.1) is 5.92 Å². The molecule has 3 aromatic rings. The standard InChI is InChI=1S/C31H34N2O3/c34-30(29(24-13-6-2-7-14-24)25-15-8-3-9-16-25)33-20-18-27(21-28(33)31(35)36)32-19-10-17-26(22-32)23-11-4-1-5-12-23/h1-9,11-16,26-29H,10,17-22H2,(H,35,36)/t26-,27+,28+/m1/s1. The lowest BCUT2D eigenvalue weighted by atomic mass is 9.86. The molecule has 1 amide bonds. The number of carboxylic acid groups (broad SMARTS) is 1. The van der Waals surface area contributed by atoms with Crippen LogP contribution in [-0.4, -0.2) is 58.5 Å². The lowest BCUT2D eigenvalue weighted by Crippen LogP contribution is -2.56. The second kappa shape index (κ2) is 11.1. The Morgan fingerprint density at radius 1 is 0.778 bits per heavy atom. The fourth-order valence-electron chi connectivity index (χ4n) is 6.05. The van der Waals surface area contributed by atoms with Crippen molar-refractivity contribution in [1.82, 2.24) is 9.80 Å². The van der Waals surface area contributed by atoms with Gasteiger partial charge in [-0.3, -0.25) is 9.69 Å². The summed E-state index contributed by atoms with van der Waals surface area (Å²) in [7, 11) is 0. The average Bonchev–Trinajstić information content (AvgIpc) is 2.94. The van der Waals surface area contributed by atoms with Crippen molar-refractivity contribution in [2.45, 2.75) is 49.6 Å². The number of carboxylic acids is 1. The van der Waals surface area contributed by atoms with Crippen molar-refractivity contribution in [2.24, 2.45) is 0 Å². The summed E-state index contributed by atoms with van der Waals surface area (Å²) >= 11 is 0. The number of likely N-dealkylation sites (tertiary alicyclic amines) is 2. The Balaban J connectivity index is 1.35. The van der Waals surface area contributed by atoms with Crippen LogP contribution in [0.1, 0.15) is 54.2 Å². The van der Waals surface area contributed by atoms with Crippen LogP contribution in [0.3, 0.4) is 0 Å². The lowest BCUT2D eigenvalue weighted by Gasteiger charge is -2.45. The quantitative estimate of drug-likeness (QED) is 0.528. The summed E-state index contributed by atoms with van der Waals surface area (Å²) in [6.45, 7) is 2.40. The van der Waals surface area contributed by atoms with E-state index in [1.165, 1.54) is 5.56 Å². The summed E-state index contributed by atoms with van der Waals surface area (Å²) in [5.41, 5.74) is 3.14. The third kappa shape index (κ3) is 5.21. The van der Waals surface area contributed by atoms with Crippen molar-refractivity contribution >= 4 is 11.9 Å². The van der Waals surface area contributed by atoms with E-state index in [0.717, 1.165) is 43.5 Å². The zero-order chi connectivity index (χ0) is 24.9. The molecular formula is C31H34N2O3. The molecule has 2 saturated heterocycles. The van der Waals surface area contributed by atoms with Crippen molar-refractivity contribution < 1.29 is 14.7 Å². The number of amides is 1.